The molecule has 0 bridgehead atoms. The van der Waals surface area contributed by atoms with Gasteiger partial charge in [-0.3, -0.25) is 4.18 Å². The van der Waals surface area contributed by atoms with Gasteiger partial charge in [0.15, 0.2) is 0 Å². The summed E-state index contributed by atoms with van der Waals surface area (Å²) in [5.41, 5.74) is 2.21. The van der Waals surface area contributed by atoms with Gasteiger partial charge in [-0.1, -0.05) is 65.0 Å². The summed E-state index contributed by atoms with van der Waals surface area (Å²) < 4.78 is 35.5. The molecular weight excluding hydrogens is 452 g/mol. The van der Waals surface area contributed by atoms with E-state index in [0.29, 0.717) is 6.42 Å². The average molecular weight is 483 g/mol. The van der Waals surface area contributed by atoms with E-state index < -0.39 is 10.1 Å². The molecule has 1 unspecified atom stereocenters. The molecule has 0 amide bonds. The van der Waals surface area contributed by atoms with E-state index in [-0.39, 0.29) is 17.4 Å². The number of ether oxygens (including phenoxy) is 1. The molecule has 0 aromatic heterocycles. The summed E-state index contributed by atoms with van der Waals surface area (Å²) in [5.74, 6) is 1.08. The van der Waals surface area contributed by atoms with Crippen LogP contribution >= 0.6 is 15.9 Å². The van der Waals surface area contributed by atoms with Gasteiger partial charge in [0.25, 0.3) is 10.1 Å². The summed E-state index contributed by atoms with van der Waals surface area (Å²) in [6, 6.07) is 14.8. The second-order valence-corrected chi connectivity index (χ2v) is 9.65. The predicted octanol–water partition coefficient (Wildman–Crippen LogP) is 6.23. The minimum absolute atomic E-state index is 0.175. The maximum atomic E-state index is 12.4. The molecule has 0 aliphatic heterocycles. The van der Waals surface area contributed by atoms with Crippen LogP contribution in [0.15, 0.2) is 53.4 Å². The van der Waals surface area contributed by atoms with Crippen molar-refractivity contribution in [2.75, 3.05) is 19.0 Å². The van der Waals surface area contributed by atoms with E-state index in [9.17, 15) is 8.42 Å². The van der Waals surface area contributed by atoms with Gasteiger partial charge in [0, 0.05) is 5.33 Å². The fourth-order valence-electron chi connectivity index (χ4n) is 3.27. The van der Waals surface area contributed by atoms with E-state index in [4.69, 9.17) is 8.92 Å². The Labute approximate surface area is 183 Å². The molecule has 0 saturated heterocycles. The second kappa shape index (κ2) is 12.4. The summed E-state index contributed by atoms with van der Waals surface area (Å²) in [6.45, 7) is 2.10. The number of alkyl halides is 1. The maximum absolute atomic E-state index is 12.4. The first kappa shape index (κ1) is 23.9. The van der Waals surface area contributed by atoms with E-state index in [1.165, 1.54) is 24.8 Å². The van der Waals surface area contributed by atoms with Crippen LogP contribution in [-0.2, 0) is 14.3 Å². The highest BCUT2D eigenvalue weighted by atomic mass is 79.9. The lowest BCUT2D eigenvalue weighted by Gasteiger charge is -2.18. The largest absolute Gasteiger partial charge is 0.497 e. The molecule has 1 atom stereocenters. The summed E-state index contributed by atoms with van der Waals surface area (Å²) in [5, 5.41) is 1.04. The maximum Gasteiger partial charge on any atom is 0.296 e. The molecule has 0 aliphatic carbocycles. The van der Waals surface area contributed by atoms with Crippen LogP contribution in [0.3, 0.4) is 0 Å². The van der Waals surface area contributed by atoms with Gasteiger partial charge < -0.3 is 4.74 Å². The molecule has 2 rings (SSSR count). The molecule has 0 fully saturated rings. The highest BCUT2D eigenvalue weighted by molar-refractivity contribution is 9.09. The van der Waals surface area contributed by atoms with Crippen molar-refractivity contribution in [2.45, 2.75) is 56.3 Å². The van der Waals surface area contributed by atoms with E-state index in [1.54, 1.807) is 31.4 Å². The van der Waals surface area contributed by atoms with Gasteiger partial charge in [-0.05, 0) is 61.9 Å². The fourth-order valence-corrected chi connectivity index (χ4v) is 4.58. The van der Waals surface area contributed by atoms with E-state index in [0.717, 1.165) is 29.5 Å². The van der Waals surface area contributed by atoms with Crippen LogP contribution in [0.1, 0.15) is 55.6 Å². The molecular formula is C23H31BrO4S. The summed E-state index contributed by atoms with van der Waals surface area (Å²) >= 11 is 3.47. The molecule has 6 heteroatoms. The first-order valence-electron chi connectivity index (χ1n) is 10.1. The Bertz CT molecular complexity index is 817. The number of rotatable bonds is 13. The third kappa shape index (κ3) is 8.11. The zero-order valence-electron chi connectivity index (χ0n) is 17.3. The van der Waals surface area contributed by atoms with Gasteiger partial charge in [-0.25, -0.2) is 0 Å². The first-order valence-corrected chi connectivity index (χ1v) is 12.7. The molecule has 2 aromatic carbocycles. The van der Waals surface area contributed by atoms with Gasteiger partial charge in [-0.2, -0.15) is 8.42 Å². The Balaban J connectivity index is 1.97. The topological polar surface area (TPSA) is 52.6 Å². The van der Waals surface area contributed by atoms with Gasteiger partial charge in [-0.15, -0.1) is 0 Å². The Morgan fingerprint density at radius 3 is 2.17 bits per heavy atom. The van der Waals surface area contributed by atoms with Crippen LogP contribution < -0.4 is 4.74 Å². The molecule has 0 saturated carbocycles. The van der Waals surface area contributed by atoms with Crippen molar-refractivity contribution in [2.24, 2.45) is 0 Å². The molecule has 29 heavy (non-hydrogen) atoms. The smallest absolute Gasteiger partial charge is 0.296 e. The minimum Gasteiger partial charge on any atom is -0.497 e. The average Bonchev–Trinajstić information content (AvgIpc) is 2.72. The summed E-state index contributed by atoms with van der Waals surface area (Å²) in [7, 11) is -2.07. The Hall–Kier alpha value is -1.37. The minimum atomic E-state index is -3.72. The van der Waals surface area contributed by atoms with Gasteiger partial charge >= 0.3 is 0 Å². The predicted molar refractivity (Wildman–Crippen MR) is 122 cm³/mol. The van der Waals surface area contributed by atoms with Crippen molar-refractivity contribution >= 4 is 26.0 Å². The van der Waals surface area contributed by atoms with E-state index in [2.05, 4.69) is 28.1 Å². The molecule has 2 aromatic rings. The number of benzene rings is 2. The van der Waals surface area contributed by atoms with Crippen LogP contribution in [0.5, 0.6) is 5.75 Å². The van der Waals surface area contributed by atoms with Crippen molar-refractivity contribution in [3.05, 3.63) is 59.7 Å². The Morgan fingerprint density at radius 2 is 1.55 bits per heavy atom. The lowest BCUT2D eigenvalue weighted by molar-refractivity contribution is 0.295. The molecule has 0 spiro atoms. The highest BCUT2D eigenvalue weighted by Crippen LogP contribution is 2.28. The third-order valence-corrected chi connectivity index (χ3v) is 6.93. The normalized spacial score (nSPS) is 12.7. The SMILES string of the molecule is COc1ccc(C(CCCCCCBr)CCOS(=O)(=O)c2ccc(C)cc2)cc1. The van der Waals surface area contributed by atoms with Crippen LogP contribution in [-0.4, -0.2) is 27.5 Å². The Kier molecular flexibility index (Phi) is 10.2. The monoisotopic (exact) mass is 482 g/mol. The van der Waals surface area contributed by atoms with Crippen LogP contribution in [0.2, 0.25) is 0 Å². The number of halogens is 1. The lowest BCUT2D eigenvalue weighted by atomic mass is 9.90. The molecule has 0 radical (unpaired) electrons. The lowest BCUT2D eigenvalue weighted by Crippen LogP contribution is -2.11. The van der Waals surface area contributed by atoms with Gasteiger partial charge in [0.1, 0.15) is 5.75 Å². The van der Waals surface area contributed by atoms with Crippen molar-refractivity contribution < 1.29 is 17.3 Å². The van der Waals surface area contributed by atoms with Gasteiger partial charge in [0.05, 0.1) is 18.6 Å². The fraction of sp³-hybridized carbons (Fsp3) is 0.478. The van der Waals surface area contributed by atoms with E-state index in [1.807, 2.05) is 19.1 Å². The van der Waals surface area contributed by atoms with Crippen molar-refractivity contribution in [1.82, 2.24) is 0 Å². The molecule has 0 aliphatic rings. The van der Waals surface area contributed by atoms with Crippen LogP contribution in [0.25, 0.3) is 0 Å². The highest BCUT2D eigenvalue weighted by Gasteiger charge is 2.17. The quantitative estimate of drug-likeness (QED) is 0.193. The van der Waals surface area contributed by atoms with Crippen molar-refractivity contribution in [1.29, 1.82) is 0 Å². The van der Waals surface area contributed by atoms with E-state index >= 15 is 0 Å². The summed E-state index contributed by atoms with van der Waals surface area (Å²) in [4.78, 5) is 0.207. The third-order valence-electron chi connectivity index (χ3n) is 5.04. The number of methoxy groups -OCH3 is 1. The zero-order chi connectivity index (χ0) is 21.1. The van der Waals surface area contributed by atoms with Crippen molar-refractivity contribution in [3.63, 3.8) is 0 Å². The molecule has 0 heterocycles. The van der Waals surface area contributed by atoms with Crippen LogP contribution in [0, 0.1) is 6.92 Å². The number of aryl methyl sites for hydroxylation is 1. The van der Waals surface area contributed by atoms with Gasteiger partial charge in [0.2, 0.25) is 0 Å². The zero-order valence-corrected chi connectivity index (χ0v) is 19.7. The molecule has 0 N–H and O–H groups in total. The number of hydrogen-bond acceptors (Lipinski definition) is 4. The second-order valence-electron chi connectivity index (χ2n) is 7.24. The standard InChI is InChI=1S/C23H31BrO4S/c1-19-8-14-23(15-9-19)29(25,26)28-18-16-20(7-5-3-4-6-17-24)21-10-12-22(27-2)13-11-21/h8-15,20H,3-7,16-18H2,1-2H3. The Morgan fingerprint density at radius 1 is 0.897 bits per heavy atom. The molecule has 4 nitrogen and oxygen atoms in total. The van der Waals surface area contributed by atoms with Crippen molar-refractivity contribution in [3.8, 4) is 5.75 Å². The van der Waals surface area contributed by atoms with Crippen LogP contribution in [0.4, 0.5) is 0 Å². The first-order chi connectivity index (χ1) is 14.0. The summed E-state index contributed by atoms with van der Waals surface area (Å²) in [6.07, 6.45) is 6.37. The number of hydrogen-bond donors (Lipinski definition) is 0. The number of unbranched alkanes of at least 4 members (excludes halogenated alkanes) is 3. The molecule has 160 valence electrons.